The Labute approximate surface area is 192 Å². The smallest absolute Gasteiger partial charge is 0.191 e. The van der Waals surface area contributed by atoms with Crippen LogP contribution in [0.25, 0.3) is 10.9 Å². The molecule has 2 fully saturated rings. The quantitative estimate of drug-likeness (QED) is 0.322. The molecule has 0 saturated carbocycles. The van der Waals surface area contributed by atoms with E-state index in [-0.39, 0.29) is 24.0 Å². The average molecular weight is 509 g/mol. The van der Waals surface area contributed by atoms with E-state index in [4.69, 9.17) is 4.99 Å². The number of H-pyrrole nitrogens is 1. The van der Waals surface area contributed by atoms with Gasteiger partial charge in [-0.05, 0) is 64.1 Å². The number of fused-ring (bicyclic) bond motifs is 3. The molecule has 3 N–H and O–H groups in total. The number of piperidine rings is 2. The maximum atomic E-state index is 4.89. The zero-order chi connectivity index (χ0) is 19.5. The van der Waals surface area contributed by atoms with Gasteiger partial charge in [0.05, 0.1) is 0 Å². The Morgan fingerprint density at radius 2 is 2.00 bits per heavy atom. The van der Waals surface area contributed by atoms with Crippen LogP contribution in [0.1, 0.15) is 50.2 Å². The molecule has 5 nitrogen and oxygen atoms in total. The molecule has 2 aliphatic rings. The second-order valence-corrected chi connectivity index (χ2v) is 8.54. The number of rotatable bonds is 5. The van der Waals surface area contributed by atoms with Crippen LogP contribution in [0.2, 0.25) is 0 Å². The summed E-state index contributed by atoms with van der Waals surface area (Å²) in [4.78, 5) is 10.9. The van der Waals surface area contributed by atoms with E-state index in [9.17, 15) is 0 Å². The fraction of sp³-hybridized carbons (Fsp3) is 0.609. The summed E-state index contributed by atoms with van der Waals surface area (Å²) < 4.78 is 0. The van der Waals surface area contributed by atoms with Crippen LogP contribution in [0, 0.1) is 6.92 Å². The lowest BCUT2D eigenvalue weighted by atomic mass is 9.82. The third-order valence-electron chi connectivity index (χ3n) is 6.69. The number of guanidine groups is 1. The number of nitrogens with one attached hydrogen (secondary N) is 3. The summed E-state index contributed by atoms with van der Waals surface area (Å²) in [5, 5.41) is 8.52. The molecule has 3 heterocycles. The summed E-state index contributed by atoms with van der Waals surface area (Å²) in [5.41, 5.74) is 3.91. The van der Waals surface area contributed by atoms with Gasteiger partial charge in [-0.3, -0.25) is 4.99 Å². The highest BCUT2D eigenvalue weighted by molar-refractivity contribution is 14.0. The van der Waals surface area contributed by atoms with Crippen molar-refractivity contribution in [1.29, 1.82) is 0 Å². The summed E-state index contributed by atoms with van der Waals surface area (Å²) in [6.45, 7) is 6.00. The van der Waals surface area contributed by atoms with Crippen molar-refractivity contribution in [3.05, 3.63) is 35.5 Å². The molecular formula is C23H36IN5. The number of aryl methyl sites for hydroxylation is 1. The van der Waals surface area contributed by atoms with Crippen LogP contribution in [-0.4, -0.2) is 54.1 Å². The molecule has 1 aromatic carbocycles. The Balaban J connectivity index is 0.00000240. The molecule has 2 aromatic rings. The van der Waals surface area contributed by atoms with Crippen molar-refractivity contribution in [3.63, 3.8) is 0 Å². The van der Waals surface area contributed by atoms with Crippen molar-refractivity contribution in [2.24, 2.45) is 4.99 Å². The molecular weight excluding hydrogens is 473 g/mol. The number of hydrogen-bond donors (Lipinski definition) is 3. The summed E-state index contributed by atoms with van der Waals surface area (Å²) in [5.74, 6) is 0.978. The monoisotopic (exact) mass is 509 g/mol. The number of halogens is 1. The standard InChI is InChI=1S/C23H35N5.HI/c1-4-24-23(27-18-13-19-8-6-9-20(14-18)28(19)3)25-12-11-17-15-26-22-16(2)7-5-10-21(17)22;/h5,7,10,15,18-20,26H,4,6,8-9,11-14H2,1-3H3,(H2,24,25,27);1H. The van der Waals surface area contributed by atoms with Crippen LogP contribution >= 0.6 is 24.0 Å². The van der Waals surface area contributed by atoms with Crippen molar-refractivity contribution >= 4 is 40.8 Å². The van der Waals surface area contributed by atoms with E-state index in [1.807, 2.05) is 0 Å². The minimum Gasteiger partial charge on any atom is -0.361 e. The summed E-state index contributed by atoms with van der Waals surface area (Å²) in [7, 11) is 2.31. The van der Waals surface area contributed by atoms with E-state index in [0.29, 0.717) is 6.04 Å². The van der Waals surface area contributed by atoms with E-state index in [1.165, 1.54) is 54.1 Å². The summed E-state index contributed by atoms with van der Waals surface area (Å²) in [6.07, 6.45) is 9.66. The molecule has 4 rings (SSSR count). The lowest BCUT2D eigenvalue weighted by Crippen LogP contribution is -2.56. The predicted octanol–water partition coefficient (Wildman–Crippen LogP) is 4.21. The van der Waals surface area contributed by atoms with Gasteiger partial charge in [0.25, 0.3) is 0 Å². The first-order valence-corrected chi connectivity index (χ1v) is 11.0. The number of nitrogens with zero attached hydrogens (tertiary/aromatic N) is 2. The van der Waals surface area contributed by atoms with Crippen molar-refractivity contribution in [2.45, 2.75) is 70.5 Å². The zero-order valence-electron chi connectivity index (χ0n) is 18.0. The van der Waals surface area contributed by atoms with E-state index in [2.05, 4.69) is 65.8 Å². The number of hydrogen-bond acceptors (Lipinski definition) is 2. The van der Waals surface area contributed by atoms with Crippen LogP contribution in [0.3, 0.4) is 0 Å². The van der Waals surface area contributed by atoms with Crippen molar-refractivity contribution in [3.8, 4) is 0 Å². The van der Waals surface area contributed by atoms with Crippen molar-refractivity contribution in [1.82, 2.24) is 20.5 Å². The Hall–Kier alpha value is -1.28. The van der Waals surface area contributed by atoms with Crippen LogP contribution in [0.4, 0.5) is 0 Å². The highest BCUT2D eigenvalue weighted by atomic mass is 127. The summed E-state index contributed by atoms with van der Waals surface area (Å²) >= 11 is 0. The van der Waals surface area contributed by atoms with Crippen molar-refractivity contribution in [2.75, 3.05) is 20.1 Å². The topological polar surface area (TPSA) is 55.5 Å². The number of aromatic nitrogens is 1. The number of aliphatic imine (C=N–C) groups is 1. The van der Waals surface area contributed by atoms with E-state index < -0.39 is 0 Å². The highest BCUT2D eigenvalue weighted by Gasteiger charge is 2.36. The normalized spacial score (nSPS) is 24.9. The predicted molar refractivity (Wildman–Crippen MR) is 133 cm³/mol. The molecule has 0 radical (unpaired) electrons. The lowest BCUT2D eigenvalue weighted by Gasteiger charge is -2.47. The number of aromatic amines is 1. The second-order valence-electron chi connectivity index (χ2n) is 8.54. The van der Waals surface area contributed by atoms with Gasteiger partial charge in [-0.1, -0.05) is 24.6 Å². The minimum atomic E-state index is 0. The van der Waals surface area contributed by atoms with Gasteiger partial charge < -0.3 is 20.5 Å². The van der Waals surface area contributed by atoms with Gasteiger partial charge in [0.15, 0.2) is 5.96 Å². The Kier molecular flexibility index (Phi) is 7.85. The van der Waals surface area contributed by atoms with E-state index in [0.717, 1.165) is 37.6 Å². The van der Waals surface area contributed by atoms with Gasteiger partial charge in [-0.25, -0.2) is 0 Å². The van der Waals surface area contributed by atoms with Crippen LogP contribution in [-0.2, 0) is 6.42 Å². The van der Waals surface area contributed by atoms with Gasteiger partial charge in [0.2, 0.25) is 0 Å². The van der Waals surface area contributed by atoms with Crippen LogP contribution in [0.15, 0.2) is 29.4 Å². The Morgan fingerprint density at radius 1 is 1.24 bits per heavy atom. The van der Waals surface area contributed by atoms with Gasteiger partial charge in [-0.2, -0.15) is 0 Å². The second kappa shape index (κ2) is 10.2. The first kappa shape index (κ1) is 22.4. The fourth-order valence-electron chi connectivity index (χ4n) is 5.11. The first-order valence-electron chi connectivity index (χ1n) is 11.0. The molecule has 0 spiro atoms. The molecule has 2 saturated heterocycles. The molecule has 0 amide bonds. The SMILES string of the molecule is CCNC(=NCCc1c[nH]c2c(C)cccc12)NC1CC2CCCC(C1)N2C.I. The van der Waals surface area contributed by atoms with Gasteiger partial charge in [0.1, 0.15) is 0 Å². The molecule has 29 heavy (non-hydrogen) atoms. The average Bonchev–Trinajstić information content (AvgIpc) is 3.07. The van der Waals surface area contributed by atoms with Crippen LogP contribution < -0.4 is 10.6 Å². The van der Waals surface area contributed by atoms with E-state index in [1.54, 1.807) is 0 Å². The molecule has 2 bridgehead atoms. The van der Waals surface area contributed by atoms with Gasteiger partial charge in [-0.15, -0.1) is 24.0 Å². The van der Waals surface area contributed by atoms with Gasteiger partial charge in [0, 0.05) is 48.3 Å². The lowest BCUT2D eigenvalue weighted by molar-refractivity contribution is 0.0526. The molecule has 160 valence electrons. The fourth-order valence-corrected chi connectivity index (χ4v) is 5.11. The minimum absolute atomic E-state index is 0. The molecule has 0 aliphatic carbocycles. The maximum Gasteiger partial charge on any atom is 0.191 e. The highest BCUT2D eigenvalue weighted by Crippen LogP contribution is 2.32. The van der Waals surface area contributed by atoms with Crippen molar-refractivity contribution < 1.29 is 0 Å². The molecule has 2 aliphatic heterocycles. The third kappa shape index (κ3) is 5.08. The third-order valence-corrected chi connectivity index (χ3v) is 6.69. The summed E-state index contributed by atoms with van der Waals surface area (Å²) in [6, 6.07) is 8.52. The maximum absolute atomic E-state index is 4.89. The van der Waals surface area contributed by atoms with Crippen LogP contribution in [0.5, 0.6) is 0 Å². The molecule has 2 unspecified atom stereocenters. The van der Waals surface area contributed by atoms with Gasteiger partial charge >= 0.3 is 0 Å². The van der Waals surface area contributed by atoms with E-state index >= 15 is 0 Å². The number of para-hydroxylation sites is 1. The molecule has 1 aromatic heterocycles. The molecule has 6 heteroatoms. The Morgan fingerprint density at radius 3 is 2.72 bits per heavy atom. The largest absolute Gasteiger partial charge is 0.361 e. The Bertz CT molecular complexity index is 816. The zero-order valence-corrected chi connectivity index (χ0v) is 20.3. The first-order chi connectivity index (χ1) is 13.7. The molecule has 2 atom stereocenters. The number of benzene rings is 1.